The minimum atomic E-state index is -0.994. The number of phenolic OH excluding ortho intramolecular Hbond substituents is 1. The first kappa shape index (κ1) is 41.7. The van der Waals surface area contributed by atoms with Crippen molar-refractivity contribution in [2.75, 3.05) is 13.2 Å². The summed E-state index contributed by atoms with van der Waals surface area (Å²) < 4.78 is 18.5. The summed E-state index contributed by atoms with van der Waals surface area (Å²) in [7, 11) is 0. The standard InChI is InChI=1S/C34H30Cl4I4O7/c1-2-3-4-5-6-7-8-9-10-11-12-47-20(43)15-48-34(46)23-22(24(35)26(37)27(38)25(23)36)21-16-13-18(39)30(44)28(41)32(16)49-33-17(21)14-19(40)31(45)29(33)42/h13-14,44H,2-12,15H2,1H3. The van der Waals surface area contributed by atoms with Crippen LogP contribution in [0.2, 0.25) is 20.1 Å². The highest BCUT2D eigenvalue weighted by Crippen LogP contribution is 2.52. The number of esters is 2. The molecular formula is C34H30Cl4I4O7. The molecule has 0 saturated heterocycles. The number of rotatable bonds is 15. The first-order chi connectivity index (χ1) is 23.3. The average molecular weight is 1200 g/mol. The normalized spacial score (nSPS) is 11.4. The Morgan fingerprint density at radius 2 is 1.35 bits per heavy atom. The van der Waals surface area contributed by atoms with Crippen molar-refractivity contribution in [1.82, 2.24) is 0 Å². The summed E-state index contributed by atoms with van der Waals surface area (Å²) >= 11 is 34.3. The van der Waals surface area contributed by atoms with Gasteiger partial charge >= 0.3 is 11.9 Å². The molecule has 0 bridgehead atoms. The molecule has 0 spiro atoms. The zero-order valence-corrected chi connectivity index (χ0v) is 37.7. The minimum Gasteiger partial charge on any atom is -0.506 e. The van der Waals surface area contributed by atoms with E-state index in [0.29, 0.717) is 33.6 Å². The number of phenols is 1. The molecule has 0 unspecified atom stereocenters. The minimum absolute atomic E-state index is 0.0279. The summed E-state index contributed by atoms with van der Waals surface area (Å²) in [5.41, 5.74) is 0.530. The highest BCUT2D eigenvalue weighted by atomic mass is 127. The highest BCUT2D eigenvalue weighted by Gasteiger charge is 2.33. The largest absolute Gasteiger partial charge is 0.506 e. The summed E-state index contributed by atoms with van der Waals surface area (Å²) in [6, 6.07) is 3.27. The molecule has 0 amide bonds. The van der Waals surface area contributed by atoms with Crippen LogP contribution in [-0.4, -0.2) is 30.3 Å². The first-order valence-corrected chi connectivity index (χ1v) is 21.3. The Morgan fingerprint density at radius 3 is 1.98 bits per heavy atom. The third-order valence-corrected chi connectivity index (χ3v) is 13.2. The molecule has 0 atom stereocenters. The number of hydrogen-bond acceptors (Lipinski definition) is 7. The molecule has 49 heavy (non-hydrogen) atoms. The topological polar surface area (TPSA) is 103 Å². The van der Waals surface area contributed by atoms with Crippen LogP contribution >= 0.6 is 137 Å². The fourth-order valence-corrected chi connectivity index (χ4v) is 9.94. The summed E-state index contributed by atoms with van der Waals surface area (Å²) in [6.07, 6.45) is 11.5. The number of ether oxygens (including phenoxy) is 2. The van der Waals surface area contributed by atoms with Gasteiger partial charge in [-0.3, -0.25) is 4.79 Å². The second-order valence-corrected chi connectivity index (χ2v) is 17.2. The van der Waals surface area contributed by atoms with Gasteiger partial charge in [0.15, 0.2) is 18.0 Å². The Hall–Kier alpha value is -0.0500. The highest BCUT2D eigenvalue weighted by molar-refractivity contribution is 14.1. The molecule has 264 valence electrons. The smallest absolute Gasteiger partial charge is 0.344 e. The third kappa shape index (κ3) is 9.74. The summed E-state index contributed by atoms with van der Waals surface area (Å²) in [5.74, 6) is -1.54. The number of unbranched alkanes of at least 4 members (excludes halogenated alkanes) is 9. The Balaban J connectivity index is 1.63. The lowest BCUT2D eigenvalue weighted by atomic mass is 9.90. The van der Waals surface area contributed by atoms with Crippen LogP contribution in [0.1, 0.15) is 81.5 Å². The molecule has 0 radical (unpaired) electrons. The molecule has 15 heteroatoms. The van der Waals surface area contributed by atoms with Crippen molar-refractivity contribution in [2.24, 2.45) is 0 Å². The first-order valence-electron chi connectivity index (χ1n) is 15.5. The maximum absolute atomic E-state index is 13.8. The molecule has 1 aliphatic heterocycles. The zero-order valence-electron chi connectivity index (χ0n) is 26.1. The molecule has 2 aromatic rings. The number of benzene rings is 3. The quantitative estimate of drug-likeness (QED) is 0.0316. The van der Waals surface area contributed by atoms with E-state index in [9.17, 15) is 19.5 Å². The molecule has 7 nitrogen and oxygen atoms in total. The van der Waals surface area contributed by atoms with Gasteiger partial charge in [0, 0.05) is 22.1 Å². The van der Waals surface area contributed by atoms with Crippen molar-refractivity contribution < 1.29 is 28.6 Å². The molecule has 1 aliphatic carbocycles. The van der Waals surface area contributed by atoms with Gasteiger partial charge in [-0.1, -0.05) is 111 Å². The number of hydrogen-bond donors (Lipinski definition) is 1. The second-order valence-electron chi connectivity index (χ2n) is 11.2. The summed E-state index contributed by atoms with van der Waals surface area (Å²) in [4.78, 5) is 39.3. The van der Waals surface area contributed by atoms with Crippen LogP contribution in [0.5, 0.6) is 5.75 Å². The molecule has 1 N–H and O–H groups in total. The van der Waals surface area contributed by atoms with Crippen molar-refractivity contribution in [3.8, 4) is 28.2 Å². The van der Waals surface area contributed by atoms with Crippen LogP contribution in [0.4, 0.5) is 0 Å². The van der Waals surface area contributed by atoms with Gasteiger partial charge in [-0.05, 0) is 109 Å². The van der Waals surface area contributed by atoms with Crippen LogP contribution in [0.25, 0.3) is 33.4 Å². The van der Waals surface area contributed by atoms with E-state index in [1.807, 2.05) is 90.4 Å². The molecule has 0 aromatic heterocycles. The predicted octanol–water partition coefficient (Wildman–Crippen LogP) is 12.9. The molecular weight excluding hydrogens is 1170 g/mol. The van der Waals surface area contributed by atoms with Gasteiger partial charge in [-0.15, -0.1) is 0 Å². The SMILES string of the molecule is CCCCCCCCCCCCOC(=O)COC(=O)c1c(Cl)c(Cl)c(Cl)c(Cl)c1-c1c2cc(I)c(=O)c(I)c-2oc2c(I)c(O)c(I)cc12. The maximum Gasteiger partial charge on any atom is 0.344 e. The van der Waals surface area contributed by atoms with Crippen molar-refractivity contribution in [3.05, 3.63) is 62.3 Å². The maximum atomic E-state index is 13.8. The van der Waals surface area contributed by atoms with Gasteiger partial charge in [0.2, 0.25) is 5.43 Å². The Kier molecular flexibility index (Phi) is 16.4. The van der Waals surface area contributed by atoms with E-state index in [2.05, 4.69) is 6.92 Å². The number of carbonyl (C=O) groups excluding carboxylic acids is 2. The van der Waals surface area contributed by atoms with E-state index in [-0.39, 0.29) is 63.9 Å². The zero-order chi connectivity index (χ0) is 36.0. The fourth-order valence-electron chi connectivity index (χ4n) is 5.33. The molecule has 2 aromatic carbocycles. The van der Waals surface area contributed by atoms with E-state index >= 15 is 0 Å². The molecule has 0 saturated carbocycles. The fraction of sp³-hybridized carbons (Fsp3) is 0.382. The number of halogens is 8. The summed E-state index contributed by atoms with van der Waals surface area (Å²) in [5, 5.41) is 10.5. The van der Waals surface area contributed by atoms with Gasteiger partial charge in [-0.2, -0.15) is 0 Å². The van der Waals surface area contributed by atoms with E-state index < -0.39 is 18.5 Å². The Labute approximate surface area is 358 Å². The van der Waals surface area contributed by atoms with Crippen molar-refractivity contribution in [3.63, 3.8) is 0 Å². The van der Waals surface area contributed by atoms with Gasteiger partial charge in [0.05, 0.1) is 43.0 Å². The van der Waals surface area contributed by atoms with Gasteiger partial charge in [0.1, 0.15) is 9.32 Å². The van der Waals surface area contributed by atoms with Crippen molar-refractivity contribution >= 4 is 160 Å². The van der Waals surface area contributed by atoms with Crippen LogP contribution < -0.4 is 5.43 Å². The second kappa shape index (κ2) is 19.3. The van der Waals surface area contributed by atoms with E-state index in [1.54, 1.807) is 12.1 Å². The predicted molar refractivity (Wildman–Crippen MR) is 230 cm³/mol. The van der Waals surface area contributed by atoms with Crippen LogP contribution in [0.3, 0.4) is 0 Å². The Bertz CT molecular complexity index is 1920. The van der Waals surface area contributed by atoms with Crippen LogP contribution in [-0.2, 0) is 14.3 Å². The van der Waals surface area contributed by atoms with Gasteiger partial charge in [-0.25, -0.2) is 9.59 Å². The van der Waals surface area contributed by atoms with Crippen molar-refractivity contribution in [1.29, 1.82) is 0 Å². The van der Waals surface area contributed by atoms with Gasteiger partial charge in [0.25, 0.3) is 0 Å². The number of carbonyl (C=O) groups is 2. The molecule has 1 heterocycles. The van der Waals surface area contributed by atoms with E-state index in [0.717, 1.165) is 19.3 Å². The van der Waals surface area contributed by atoms with E-state index in [4.69, 9.17) is 60.3 Å². The molecule has 0 fully saturated rings. The lowest BCUT2D eigenvalue weighted by Gasteiger charge is -2.22. The molecule has 2 aliphatic rings. The third-order valence-electron chi connectivity index (χ3n) is 7.83. The lowest BCUT2D eigenvalue weighted by molar-refractivity contribution is -0.147. The average Bonchev–Trinajstić information content (AvgIpc) is 3.08. The number of fused-ring (bicyclic) bond motifs is 2. The number of aromatic hydroxyl groups is 1. The molecule has 4 rings (SSSR count). The summed E-state index contributed by atoms with van der Waals surface area (Å²) in [6.45, 7) is 1.75. The van der Waals surface area contributed by atoms with Crippen LogP contribution in [0.15, 0.2) is 21.3 Å². The van der Waals surface area contributed by atoms with Gasteiger partial charge < -0.3 is 19.0 Å². The lowest BCUT2D eigenvalue weighted by Crippen LogP contribution is -2.18. The van der Waals surface area contributed by atoms with Crippen molar-refractivity contribution in [2.45, 2.75) is 71.1 Å². The van der Waals surface area contributed by atoms with Crippen LogP contribution in [0, 0.1) is 14.3 Å². The Morgan fingerprint density at radius 1 is 0.755 bits per heavy atom. The van der Waals surface area contributed by atoms with E-state index in [1.165, 1.54) is 38.5 Å². The monoisotopic (exact) mass is 1200 g/mol.